The van der Waals surface area contributed by atoms with Gasteiger partial charge in [0, 0.05) is 51.9 Å². The van der Waals surface area contributed by atoms with Gasteiger partial charge in [-0.1, -0.05) is 11.1 Å². The molecular formula is C24H30F2O4Ti. The normalized spacial score (nSPS) is 9.16. The number of benzene rings is 2. The largest absolute Gasteiger partial charge is 4.00 e. The monoisotopic (exact) mass is 468 g/mol. The van der Waals surface area contributed by atoms with Gasteiger partial charge in [-0.05, 0) is 12.8 Å². The van der Waals surface area contributed by atoms with Gasteiger partial charge in [0.15, 0.2) is 0 Å². The third-order valence-electron chi connectivity index (χ3n) is 3.70. The van der Waals surface area contributed by atoms with Crippen molar-refractivity contribution in [1.82, 2.24) is 0 Å². The maximum absolute atomic E-state index is 12.5. The molecule has 7 heteroatoms. The summed E-state index contributed by atoms with van der Waals surface area (Å²) in [6, 6.07) is 12.9. The van der Waals surface area contributed by atoms with Gasteiger partial charge in [-0.2, -0.15) is 24.3 Å². The Labute approximate surface area is 200 Å². The average molecular weight is 468 g/mol. The van der Waals surface area contributed by atoms with Crippen molar-refractivity contribution in [2.24, 2.45) is 0 Å². The summed E-state index contributed by atoms with van der Waals surface area (Å²) in [6.45, 7) is 1.13. The number of methoxy groups -OCH3 is 2. The Morgan fingerprint density at radius 1 is 0.774 bits per heavy atom. The number of rotatable bonds is 10. The topological polar surface area (TPSA) is 52.6 Å². The molecule has 168 valence electrons. The van der Waals surface area contributed by atoms with Gasteiger partial charge in [0.25, 0.3) is 0 Å². The molecule has 2 aromatic rings. The molecule has 0 amide bonds. The minimum absolute atomic E-state index is 0. The fourth-order valence-electron chi connectivity index (χ4n) is 2.20. The second kappa shape index (κ2) is 20.2. The molecule has 0 aliphatic heterocycles. The van der Waals surface area contributed by atoms with Crippen LogP contribution >= 0.6 is 0 Å². The molecule has 0 saturated carbocycles. The van der Waals surface area contributed by atoms with Crippen LogP contribution in [0.1, 0.15) is 46.4 Å². The first kappa shape index (κ1) is 33.9. The molecule has 0 spiro atoms. The summed E-state index contributed by atoms with van der Waals surface area (Å²) in [6.07, 6.45) is 2.22. The van der Waals surface area contributed by atoms with E-state index < -0.39 is 11.6 Å². The second-order valence-electron chi connectivity index (χ2n) is 5.89. The van der Waals surface area contributed by atoms with E-state index in [0.29, 0.717) is 50.0 Å². The summed E-state index contributed by atoms with van der Waals surface area (Å²) < 4.78 is 34.6. The standard InChI is InChI=1S/2C11H12FO2.2CH3.Ti/c2*1-14-8-2-3-11(13)9-4-6-10(12)7-5-9;;;/h2*4-6H,2-3,8H2,1H3;2*1H3;/q4*-1;+4. The van der Waals surface area contributed by atoms with Crippen LogP contribution < -0.4 is 0 Å². The average Bonchev–Trinajstić information content (AvgIpc) is 2.70. The molecular weight excluding hydrogens is 438 g/mol. The van der Waals surface area contributed by atoms with E-state index in [1.165, 1.54) is 36.4 Å². The first-order valence-corrected chi connectivity index (χ1v) is 8.86. The van der Waals surface area contributed by atoms with Crippen LogP contribution in [0.3, 0.4) is 0 Å². The molecule has 2 aromatic carbocycles. The summed E-state index contributed by atoms with van der Waals surface area (Å²) >= 11 is 0. The Kier molecular flexibility index (Phi) is 22.1. The van der Waals surface area contributed by atoms with Crippen LogP contribution in [0.5, 0.6) is 0 Å². The number of hydrogen-bond acceptors (Lipinski definition) is 4. The van der Waals surface area contributed by atoms with E-state index in [4.69, 9.17) is 9.47 Å². The maximum Gasteiger partial charge on any atom is 4.00 e. The van der Waals surface area contributed by atoms with Gasteiger partial charge >= 0.3 is 21.7 Å². The van der Waals surface area contributed by atoms with E-state index in [-0.39, 0.29) is 48.1 Å². The fourth-order valence-corrected chi connectivity index (χ4v) is 2.20. The molecule has 0 aliphatic rings. The third kappa shape index (κ3) is 14.8. The molecule has 0 aromatic heterocycles. The zero-order valence-electron chi connectivity index (χ0n) is 18.6. The molecule has 0 aliphatic carbocycles. The summed E-state index contributed by atoms with van der Waals surface area (Å²) in [7, 11) is 3.19. The van der Waals surface area contributed by atoms with Crippen molar-refractivity contribution >= 4 is 11.6 Å². The van der Waals surface area contributed by atoms with Gasteiger partial charge in [-0.3, -0.25) is 0 Å². The molecule has 0 N–H and O–H groups in total. The predicted molar refractivity (Wildman–Crippen MR) is 114 cm³/mol. The summed E-state index contributed by atoms with van der Waals surface area (Å²) in [4.78, 5) is 22.9. The minimum atomic E-state index is -0.446. The number of carbonyl (C=O) groups is 2. The van der Waals surface area contributed by atoms with Gasteiger partial charge in [0.2, 0.25) is 0 Å². The SMILES string of the molecule is COCCCC(=O)c1c[c-]c(F)cc1.COCCCC(=O)c1c[c-]c(F)cc1.[CH3-].[CH3-].[Ti+4]. The molecule has 0 fully saturated rings. The predicted octanol–water partition coefficient (Wildman–Crippen LogP) is 5.37. The van der Waals surface area contributed by atoms with Crippen LogP contribution in [0.4, 0.5) is 8.78 Å². The van der Waals surface area contributed by atoms with E-state index in [9.17, 15) is 18.4 Å². The number of carbonyl (C=O) groups excluding carboxylic acids is 2. The van der Waals surface area contributed by atoms with E-state index in [0.717, 1.165) is 0 Å². The Bertz CT molecular complexity index is 656. The molecule has 0 saturated heterocycles. The maximum atomic E-state index is 12.5. The van der Waals surface area contributed by atoms with Crippen LogP contribution in [0, 0.1) is 38.6 Å². The molecule has 0 bridgehead atoms. The second-order valence-corrected chi connectivity index (χ2v) is 5.89. The van der Waals surface area contributed by atoms with E-state index >= 15 is 0 Å². The van der Waals surface area contributed by atoms with Gasteiger partial charge < -0.3 is 33.9 Å². The summed E-state index contributed by atoms with van der Waals surface area (Å²) in [5.41, 5.74) is 1.00. The number of hydrogen-bond donors (Lipinski definition) is 0. The number of halogens is 2. The molecule has 4 nitrogen and oxygen atoms in total. The molecule has 0 atom stereocenters. The minimum Gasteiger partial charge on any atom is -0.385 e. The third-order valence-corrected chi connectivity index (χ3v) is 3.70. The van der Waals surface area contributed by atoms with Crippen molar-refractivity contribution in [1.29, 1.82) is 0 Å². The summed E-state index contributed by atoms with van der Waals surface area (Å²) in [5, 5.41) is 0. The summed E-state index contributed by atoms with van der Waals surface area (Å²) in [5.74, 6) is -0.895. The Morgan fingerprint density at radius 2 is 1.13 bits per heavy atom. The molecule has 31 heavy (non-hydrogen) atoms. The van der Waals surface area contributed by atoms with E-state index in [1.807, 2.05) is 0 Å². The quantitative estimate of drug-likeness (QED) is 0.204. The molecule has 2 rings (SSSR count). The van der Waals surface area contributed by atoms with Crippen LogP contribution in [0.25, 0.3) is 0 Å². The van der Waals surface area contributed by atoms with Crippen LogP contribution in [-0.4, -0.2) is 39.0 Å². The van der Waals surface area contributed by atoms with Crippen molar-refractivity contribution in [2.75, 3.05) is 27.4 Å². The van der Waals surface area contributed by atoms with E-state index in [1.54, 1.807) is 14.2 Å². The number of Topliss-reactive ketones (excluding diaryl/α,β-unsaturated/α-hetero) is 2. The van der Waals surface area contributed by atoms with Crippen molar-refractivity contribution in [3.8, 4) is 0 Å². The number of ketones is 2. The van der Waals surface area contributed by atoms with Crippen molar-refractivity contribution in [3.63, 3.8) is 0 Å². The smallest absolute Gasteiger partial charge is 0.385 e. The van der Waals surface area contributed by atoms with Crippen LogP contribution in [0.15, 0.2) is 36.4 Å². The Hall–Kier alpha value is -1.73. The fraction of sp³-hybridized carbons (Fsp3) is 0.333. The first-order chi connectivity index (χ1) is 13.5. The zero-order valence-corrected chi connectivity index (χ0v) is 20.2. The molecule has 0 radical (unpaired) electrons. The molecule has 0 heterocycles. The van der Waals surface area contributed by atoms with Gasteiger partial charge in [-0.25, -0.2) is 8.78 Å². The first-order valence-electron chi connectivity index (χ1n) is 8.86. The number of ether oxygens (including phenoxy) is 2. The van der Waals surface area contributed by atoms with Crippen molar-refractivity contribution in [3.05, 3.63) is 86.1 Å². The van der Waals surface area contributed by atoms with Crippen LogP contribution in [-0.2, 0) is 31.2 Å². The Morgan fingerprint density at radius 3 is 1.39 bits per heavy atom. The van der Waals surface area contributed by atoms with Crippen molar-refractivity contribution in [2.45, 2.75) is 25.7 Å². The van der Waals surface area contributed by atoms with Gasteiger partial charge in [-0.15, -0.1) is 24.3 Å². The van der Waals surface area contributed by atoms with E-state index in [2.05, 4.69) is 12.1 Å². The zero-order chi connectivity index (χ0) is 20.8. The Balaban J connectivity index is -0.000000461. The van der Waals surface area contributed by atoms with Gasteiger partial charge in [0.05, 0.1) is 0 Å². The van der Waals surface area contributed by atoms with Gasteiger partial charge in [0.1, 0.15) is 11.6 Å². The van der Waals surface area contributed by atoms with Crippen LogP contribution in [0.2, 0.25) is 0 Å². The molecule has 0 unspecified atom stereocenters. The van der Waals surface area contributed by atoms with Crippen molar-refractivity contribution < 1.29 is 49.6 Å².